The third-order valence-electron chi connectivity index (χ3n) is 5.50. The Morgan fingerprint density at radius 1 is 1.09 bits per heavy atom. The molecule has 1 N–H and O–H groups in total. The van der Waals surface area contributed by atoms with Gasteiger partial charge in [0.1, 0.15) is 0 Å². The van der Waals surface area contributed by atoms with E-state index in [2.05, 4.69) is 0 Å². The predicted molar refractivity (Wildman–Crippen MR) is 124 cm³/mol. The Morgan fingerprint density at radius 2 is 1.64 bits per heavy atom. The lowest BCUT2D eigenvalue weighted by Crippen LogP contribution is -2.57. The molecule has 1 rings (SSSR count). The van der Waals surface area contributed by atoms with Gasteiger partial charge >= 0.3 is 12.1 Å². The first-order valence-corrected chi connectivity index (χ1v) is 13.8. The zero-order valence-corrected chi connectivity index (χ0v) is 21.7. The van der Waals surface area contributed by atoms with Crippen LogP contribution >= 0.6 is 0 Å². The number of hydrogen-bond acceptors (Lipinski definition) is 4. The molecule has 2 atom stereocenters. The number of rotatable bonds is 10. The van der Waals surface area contributed by atoms with Gasteiger partial charge in [0, 0.05) is 6.54 Å². The normalized spacial score (nSPS) is 15.0. The summed E-state index contributed by atoms with van der Waals surface area (Å²) in [5.74, 6) is -2.06. The maximum atomic E-state index is 12.9. The summed E-state index contributed by atoms with van der Waals surface area (Å²) in [7, 11) is -2.51. The fourth-order valence-corrected chi connectivity index (χ4v) is 4.18. The summed E-state index contributed by atoms with van der Waals surface area (Å²) in [6, 6.07) is 8.42. The van der Waals surface area contributed by atoms with Gasteiger partial charge in [-0.1, -0.05) is 51.1 Å². The molecule has 1 aromatic rings. The minimum absolute atomic E-state index is 0.256. The van der Waals surface area contributed by atoms with E-state index in [1.165, 1.54) is 0 Å². The molecule has 0 fully saturated rings. The van der Waals surface area contributed by atoms with Crippen LogP contribution in [0.15, 0.2) is 30.3 Å². The fraction of sp³-hybridized carbons (Fsp3) is 0.652. The molecule has 10 heteroatoms. The summed E-state index contributed by atoms with van der Waals surface area (Å²) in [5, 5.41) is 2.79. The van der Waals surface area contributed by atoms with Gasteiger partial charge in [-0.25, -0.2) is 5.06 Å². The van der Waals surface area contributed by atoms with Crippen molar-refractivity contribution in [2.24, 2.45) is 0 Å². The van der Waals surface area contributed by atoms with Gasteiger partial charge < -0.3 is 9.74 Å². The Labute approximate surface area is 195 Å². The Morgan fingerprint density at radius 3 is 2.06 bits per heavy atom. The average Bonchev–Trinajstić information content (AvgIpc) is 2.66. The highest BCUT2D eigenvalue weighted by Crippen LogP contribution is 2.38. The second kappa shape index (κ2) is 11.0. The van der Waals surface area contributed by atoms with E-state index in [9.17, 15) is 22.8 Å². The van der Waals surface area contributed by atoms with Crippen molar-refractivity contribution in [2.75, 3.05) is 6.54 Å². The first-order valence-electron chi connectivity index (χ1n) is 10.9. The highest BCUT2D eigenvalue weighted by Gasteiger charge is 2.44. The molecule has 2 unspecified atom stereocenters. The van der Waals surface area contributed by atoms with Crippen LogP contribution in [0, 0.1) is 0 Å². The van der Waals surface area contributed by atoms with Crippen LogP contribution in [0.3, 0.4) is 0 Å². The number of hydrogen-bond donors (Lipinski definition) is 1. The molecular formula is C23H37F3N2O4Si. The molecule has 0 aliphatic rings. The molecule has 0 bridgehead atoms. The fourth-order valence-electron chi connectivity index (χ4n) is 2.83. The van der Waals surface area contributed by atoms with Crippen LogP contribution in [0.2, 0.25) is 18.1 Å². The summed E-state index contributed by atoms with van der Waals surface area (Å²) in [6.45, 7) is 14.8. The Hall–Kier alpha value is -1.91. The minimum atomic E-state index is -5.03. The molecule has 6 nitrogen and oxygen atoms in total. The number of amides is 2. The van der Waals surface area contributed by atoms with E-state index in [4.69, 9.17) is 9.26 Å². The third kappa shape index (κ3) is 9.46. The summed E-state index contributed by atoms with van der Waals surface area (Å²) >= 11 is 0. The first kappa shape index (κ1) is 29.1. The zero-order valence-electron chi connectivity index (χ0n) is 20.7. The van der Waals surface area contributed by atoms with Crippen LogP contribution < -0.4 is 5.32 Å². The number of carbonyl (C=O) groups is 2. The molecule has 2 amide bonds. The van der Waals surface area contributed by atoms with Crippen molar-refractivity contribution < 1.29 is 32.0 Å². The third-order valence-corrected chi connectivity index (χ3v) is 10.0. The minimum Gasteiger partial charge on any atom is -0.410 e. The standard InChI is InChI=1S/C23H37F3N2O4Si/c1-21(2,3)32-28(16-29)18(14-17-12-10-9-11-13-17)19(15-27-20(30)23(24,25)26)31-33(7,8)22(4,5)6/h9-13,16,18-19H,14-15H2,1-8H3,(H,27,30). The van der Waals surface area contributed by atoms with Gasteiger partial charge in [0.2, 0.25) is 6.41 Å². The van der Waals surface area contributed by atoms with Crippen molar-refractivity contribution in [1.82, 2.24) is 10.4 Å². The van der Waals surface area contributed by atoms with E-state index in [1.807, 2.05) is 69.5 Å². The van der Waals surface area contributed by atoms with Crippen LogP contribution in [-0.4, -0.2) is 56.2 Å². The molecule has 0 aliphatic carbocycles. The smallest absolute Gasteiger partial charge is 0.410 e. The molecule has 0 saturated heterocycles. The lowest BCUT2D eigenvalue weighted by atomic mass is 10.0. The quantitative estimate of drug-likeness (QED) is 0.289. The van der Waals surface area contributed by atoms with Gasteiger partial charge in [0.15, 0.2) is 8.32 Å². The summed E-state index contributed by atoms with van der Waals surface area (Å²) in [4.78, 5) is 29.5. The SMILES string of the molecule is CC(C)(C)ON(C=O)C(Cc1ccccc1)C(CNC(=O)C(F)(F)F)O[Si](C)(C)C(C)(C)C. The number of benzene rings is 1. The molecule has 0 radical (unpaired) electrons. The first-order chi connectivity index (χ1) is 14.9. The van der Waals surface area contributed by atoms with E-state index < -0.39 is 44.7 Å². The number of nitrogens with one attached hydrogen (secondary N) is 1. The number of hydroxylamine groups is 2. The second-order valence-corrected chi connectivity index (χ2v) is 15.3. The average molecular weight is 491 g/mol. The lowest BCUT2D eigenvalue weighted by molar-refractivity contribution is -0.241. The monoisotopic (exact) mass is 490 g/mol. The summed E-state index contributed by atoms with van der Waals surface area (Å²) in [6.07, 6.45) is -5.20. The Balaban J connectivity index is 3.43. The van der Waals surface area contributed by atoms with Crippen LogP contribution in [0.5, 0.6) is 0 Å². The molecule has 0 aliphatic heterocycles. The maximum absolute atomic E-state index is 12.9. The van der Waals surface area contributed by atoms with Crippen LogP contribution in [0.25, 0.3) is 0 Å². The van der Waals surface area contributed by atoms with Gasteiger partial charge in [-0.2, -0.15) is 13.2 Å². The van der Waals surface area contributed by atoms with Gasteiger partial charge in [-0.15, -0.1) is 0 Å². The van der Waals surface area contributed by atoms with Crippen LogP contribution in [-0.2, 0) is 25.3 Å². The van der Waals surface area contributed by atoms with Gasteiger partial charge in [0.25, 0.3) is 0 Å². The van der Waals surface area contributed by atoms with Crippen LogP contribution in [0.4, 0.5) is 13.2 Å². The zero-order chi connectivity index (χ0) is 25.7. The van der Waals surface area contributed by atoms with Crippen molar-refractivity contribution in [3.05, 3.63) is 35.9 Å². The summed E-state index contributed by atoms with van der Waals surface area (Å²) < 4.78 is 45.1. The van der Waals surface area contributed by atoms with Gasteiger partial charge in [0.05, 0.1) is 17.7 Å². The maximum Gasteiger partial charge on any atom is 0.471 e. The van der Waals surface area contributed by atoms with E-state index in [0.717, 1.165) is 10.6 Å². The molecule has 1 aromatic carbocycles. The van der Waals surface area contributed by atoms with E-state index in [1.54, 1.807) is 20.8 Å². The molecule has 33 heavy (non-hydrogen) atoms. The largest absolute Gasteiger partial charge is 0.471 e. The Bertz CT molecular complexity index is 775. The van der Waals surface area contributed by atoms with Crippen LogP contribution in [0.1, 0.15) is 47.1 Å². The molecular weight excluding hydrogens is 453 g/mol. The second-order valence-electron chi connectivity index (χ2n) is 10.6. The van der Waals surface area contributed by atoms with E-state index in [-0.39, 0.29) is 11.5 Å². The lowest BCUT2D eigenvalue weighted by Gasteiger charge is -2.44. The highest BCUT2D eigenvalue weighted by molar-refractivity contribution is 6.74. The predicted octanol–water partition coefficient (Wildman–Crippen LogP) is 4.86. The molecule has 0 aromatic heterocycles. The van der Waals surface area contributed by atoms with E-state index in [0.29, 0.717) is 6.41 Å². The molecule has 0 saturated carbocycles. The van der Waals surface area contributed by atoms with Crippen molar-refractivity contribution in [1.29, 1.82) is 0 Å². The van der Waals surface area contributed by atoms with E-state index >= 15 is 0 Å². The number of alkyl halides is 3. The topological polar surface area (TPSA) is 67.9 Å². The number of nitrogens with zero attached hydrogens (tertiary/aromatic N) is 1. The van der Waals surface area contributed by atoms with Crippen molar-refractivity contribution in [3.63, 3.8) is 0 Å². The van der Waals surface area contributed by atoms with Crippen molar-refractivity contribution in [3.8, 4) is 0 Å². The number of halogens is 3. The highest BCUT2D eigenvalue weighted by atomic mass is 28.4. The Kier molecular flexibility index (Phi) is 9.71. The molecule has 0 heterocycles. The molecule has 188 valence electrons. The molecule has 0 spiro atoms. The van der Waals surface area contributed by atoms with Gasteiger partial charge in [-0.3, -0.25) is 14.4 Å². The summed E-state index contributed by atoms with van der Waals surface area (Å²) in [5.41, 5.74) is 0.102. The number of carbonyl (C=O) groups excluding carboxylic acids is 2. The van der Waals surface area contributed by atoms with Gasteiger partial charge in [-0.05, 0) is 50.9 Å². The van der Waals surface area contributed by atoms with Crippen molar-refractivity contribution in [2.45, 2.75) is 90.0 Å². The van der Waals surface area contributed by atoms with Crippen molar-refractivity contribution >= 4 is 20.6 Å².